The standard InChI is InChI=1S/C22H20N2O2.Cu/c25-19-9-3-5-15-11-13-17(23-21(15)19)7-1-2-8-18-14-12-16-6-4-10-20(26)22(16)24-18;/h3-6,9-14,25-26H,1-2,7-8H2;/q;+2/p-2. The monoisotopic (exact) mass is 405 g/mol. The number of fused-ring (bicyclic) bond motifs is 2. The van der Waals surface area contributed by atoms with Crippen LogP contribution in [0.3, 0.4) is 0 Å². The summed E-state index contributed by atoms with van der Waals surface area (Å²) in [6.45, 7) is 0. The molecule has 2 heterocycles. The van der Waals surface area contributed by atoms with Crippen molar-refractivity contribution in [2.75, 3.05) is 0 Å². The fourth-order valence-electron chi connectivity index (χ4n) is 3.21. The number of benzene rings is 2. The van der Waals surface area contributed by atoms with Crippen LogP contribution in [0.15, 0.2) is 60.7 Å². The molecule has 5 heteroatoms. The Bertz CT molecular complexity index is 995. The van der Waals surface area contributed by atoms with Gasteiger partial charge in [-0.25, -0.2) is 0 Å². The van der Waals surface area contributed by atoms with Gasteiger partial charge < -0.3 is 10.2 Å². The van der Waals surface area contributed by atoms with Crippen LogP contribution in [0.1, 0.15) is 24.2 Å². The zero-order valence-corrected chi connectivity index (χ0v) is 15.6. The Morgan fingerprint density at radius 1 is 0.593 bits per heavy atom. The molecule has 0 atom stereocenters. The van der Waals surface area contributed by atoms with Gasteiger partial charge in [0.1, 0.15) is 0 Å². The minimum atomic E-state index is -0.0295. The van der Waals surface area contributed by atoms with E-state index >= 15 is 0 Å². The minimum Gasteiger partial charge on any atom is -0.871 e. The van der Waals surface area contributed by atoms with E-state index in [2.05, 4.69) is 9.97 Å². The molecule has 0 saturated heterocycles. The van der Waals surface area contributed by atoms with Gasteiger partial charge in [-0.15, -0.1) is 0 Å². The van der Waals surface area contributed by atoms with Gasteiger partial charge in [0.25, 0.3) is 0 Å². The van der Waals surface area contributed by atoms with Crippen molar-refractivity contribution in [1.82, 2.24) is 9.97 Å². The molecule has 4 aromatic rings. The van der Waals surface area contributed by atoms with E-state index in [0.717, 1.165) is 47.8 Å². The molecule has 4 nitrogen and oxygen atoms in total. The van der Waals surface area contributed by atoms with Crippen molar-refractivity contribution in [3.05, 3.63) is 72.1 Å². The molecule has 0 amide bonds. The second-order valence-electron chi connectivity index (χ2n) is 6.47. The summed E-state index contributed by atoms with van der Waals surface area (Å²) in [6.07, 6.45) is 3.56. The Kier molecular flexibility index (Phi) is 5.94. The zero-order chi connectivity index (χ0) is 17.9. The molecule has 0 unspecified atom stereocenters. The average Bonchev–Trinajstić information content (AvgIpc) is 2.66. The van der Waals surface area contributed by atoms with E-state index in [1.165, 1.54) is 0 Å². The number of aromatic nitrogens is 2. The van der Waals surface area contributed by atoms with Crippen LogP contribution in [-0.4, -0.2) is 9.97 Å². The van der Waals surface area contributed by atoms with Crippen molar-refractivity contribution in [2.45, 2.75) is 25.7 Å². The molecule has 27 heavy (non-hydrogen) atoms. The van der Waals surface area contributed by atoms with E-state index < -0.39 is 0 Å². The van der Waals surface area contributed by atoms with Crippen LogP contribution < -0.4 is 10.2 Å². The fourth-order valence-corrected chi connectivity index (χ4v) is 3.21. The van der Waals surface area contributed by atoms with E-state index in [1.807, 2.05) is 36.4 Å². The van der Waals surface area contributed by atoms with Crippen molar-refractivity contribution in [1.29, 1.82) is 0 Å². The fraction of sp³-hybridized carbons (Fsp3) is 0.182. The van der Waals surface area contributed by atoms with Gasteiger partial charge in [-0.1, -0.05) is 60.0 Å². The Labute approximate surface area is 168 Å². The minimum absolute atomic E-state index is 0. The van der Waals surface area contributed by atoms with Crippen LogP contribution >= 0.6 is 0 Å². The number of para-hydroxylation sites is 2. The largest absolute Gasteiger partial charge is 2.00 e. The van der Waals surface area contributed by atoms with Crippen molar-refractivity contribution >= 4 is 21.8 Å². The van der Waals surface area contributed by atoms with Crippen LogP contribution in [-0.2, 0) is 29.9 Å². The van der Waals surface area contributed by atoms with Gasteiger partial charge in [-0.2, -0.15) is 0 Å². The van der Waals surface area contributed by atoms with Gasteiger partial charge in [0.05, 0.1) is 11.0 Å². The third-order valence-corrected chi connectivity index (χ3v) is 4.60. The van der Waals surface area contributed by atoms with Gasteiger partial charge in [0.2, 0.25) is 0 Å². The number of hydrogen-bond donors (Lipinski definition) is 0. The third kappa shape index (κ3) is 4.21. The van der Waals surface area contributed by atoms with E-state index in [4.69, 9.17) is 0 Å². The average molecular weight is 406 g/mol. The smallest absolute Gasteiger partial charge is 0.871 e. The Balaban J connectivity index is 0.00000210. The third-order valence-electron chi connectivity index (χ3n) is 4.60. The number of nitrogens with zero attached hydrogens (tertiary/aromatic N) is 2. The van der Waals surface area contributed by atoms with E-state index in [0.29, 0.717) is 11.0 Å². The molecule has 0 aliphatic carbocycles. The van der Waals surface area contributed by atoms with Gasteiger partial charge in [0.15, 0.2) is 0 Å². The molecular weight excluding hydrogens is 388 g/mol. The summed E-state index contributed by atoms with van der Waals surface area (Å²) < 4.78 is 0. The molecular formula is C22H18CuN2O2. The molecule has 4 rings (SSSR count). The number of aryl methyl sites for hydroxylation is 2. The van der Waals surface area contributed by atoms with Crippen LogP contribution in [0, 0.1) is 0 Å². The van der Waals surface area contributed by atoms with Crippen molar-refractivity contribution < 1.29 is 27.3 Å². The molecule has 2 aromatic carbocycles. The predicted octanol–water partition coefficient (Wildman–Crippen LogP) is 3.49. The summed E-state index contributed by atoms with van der Waals surface area (Å²) in [5, 5.41) is 25.5. The number of unbranched alkanes of at least 4 members (excludes halogenated alkanes) is 1. The quantitative estimate of drug-likeness (QED) is 0.376. The first-order valence-electron chi connectivity index (χ1n) is 8.82. The number of hydrogen-bond acceptors (Lipinski definition) is 4. The molecule has 0 spiro atoms. The topological polar surface area (TPSA) is 71.9 Å². The first kappa shape index (κ1) is 19.1. The Morgan fingerprint density at radius 2 is 1.04 bits per heavy atom. The second kappa shape index (κ2) is 8.38. The number of pyridine rings is 2. The SMILES string of the molecule is [Cu+2].[O-]c1cccc2ccc(CCCCc3ccc4cccc([O-])c4n3)nc12. The maximum absolute atomic E-state index is 11.9. The first-order valence-corrected chi connectivity index (χ1v) is 8.82. The van der Waals surface area contributed by atoms with Crippen LogP contribution in [0.4, 0.5) is 0 Å². The summed E-state index contributed by atoms with van der Waals surface area (Å²) >= 11 is 0. The van der Waals surface area contributed by atoms with Gasteiger partial charge in [-0.05, 0) is 48.6 Å². The summed E-state index contributed by atoms with van der Waals surface area (Å²) in [7, 11) is 0. The second-order valence-corrected chi connectivity index (χ2v) is 6.47. The van der Waals surface area contributed by atoms with Crippen molar-refractivity contribution in [2.24, 2.45) is 0 Å². The predicted molar refractivity (Wildman–Crippen MR) is 99.0 cm³/mol. The van der Waals surface area contributed by atoms with E-state index in [-0.39, 0.29) is 28.6 Å². The molecule has 0 aliphatic heterocycles. The van der Waals surface area contributed by atoms with Crippen LogP contribution in [0.5, 0.6) is 11.5 Å². The summed E-state index contributed by atoms with van der Waals surface area (Å²) in [5.74, 6) is -0.0590. The zero-order valence-electron chi connectivity index (χ0n) is 14.6. The Hall–Kier alpha value is -2.62. The molecule has 2 aromatic heterocycles. The van der Waals surface area contributed by atoms with E-state index in [9.17, 15) is 10.2 Å². The van der Waals surface area contributed by atoms with Crippen LogP contribution in [0.25, 0.3) is 21.8 Å². The molecule has 0 fully saturated rings. The molecule has 0 aliphatic rings. The van der Waals surface area contributed by atoms with Crippen LogP contribution in [0.2, 0.25) is 0 Å². The first-order chi connectivity index (χ1) is 12.7. The molecule has 0 saturated carbocycles. The summed E-state index contributed by atoms with van der Waals surface area (Å²) in [4.78, 5) is 9.00. The van der Waals surface area contributed by atoms with Crippen molar-refractivity contribution in [3.63, 3.8) is 0 Å². The molecule has 139 valence electrons. The van der Waals surface area contributed by atoms with Crippen molar-refractivity contribution in [3.8, 4) is 11.5 Å². The number of rotatable bonds is 5. The van der Waals surface area contributed by atoms with Gasteiger partial charge in [-0.3, -0.25) is 9.97 Å². The normalized spacial score (nSPS) is 10.8. The Morgan fingerprint density at radius 3 is 1.48 bits per heavy atom. The molecule has 1 radical (unpaired) electrons. The summed E-state index contributed by atoms with van der Waals surface area (Å²) in [5.41, 5.74) is 2.97. The summed E-state index contributed by atoms with van der Waals surface area (Å²) in [6, 6.07) is 18.3. The molecule has 0 N–H and O–H groups in total. The maximum Gasteiger partial charge on any atom is 2.00 e. The van der Waals surface area contributed by atoms with E-state index in [1.54, 1.807) is 24.3 Å². The molecule has 0 bridgehead atoms. The van der Waals surface area contributed by atoms with Gasteiger partial charge in [0, 0.05) is 11.4 Å². The maximum atomic E-state index is 11.9. The van der Waals surface area contributed by atoms with Gasteiger partial charge >= 0.3 is 17.1 Å².